The Kier molecular flexibility index (Phi) is 18.8. The number of halogens is 1. The van der Waals surface area contributed by atoms with Gasteiger partial charge in [0.1, 0.15) is 0 Å². The van der Waals surface area contributed by atoms with E-state index in [2.05, 4.69) is 243 Å². The summed E-state index contributed by atoms with van der Waals surface area (Å²) in [5.41, 5.74) is 16.6. The Bertz CT molecular complexity index is 1670. The summed E-state index contributed by atoms with van der Waals surface area (Å²) in [6.45, 7) is 36.5. The first-order valence-corrected chi connectivity index (χ1v) is 22.1. The molecule has 60 heavy (non-hydrogen) atoms. The molecule has 0 amide bonds. The van der Waals surface area contributed by atoms with Gasteiger partial charge in [0, 0.05) is 22.7 Å². The average Bonchev–Trinajstić information content (AvgIpc) is 3.87. The Morgan fingerprint density at radius 1 is 0.283 bits per heavy atom. The van der Waals surface area contributed by atoms with E-state index in [-0.39, 0.29) is 32.2 Å². The topological polar surface area (TPSA) is 13.0 Å². The second-order valence-electron chi connectivity index (χ2n) is 18.8. The largest absolute Gasteiger partial charge is 3.00 e. The summed E-state index contributed by atoms with van der Waals surface area (Å²) in [6.07, 6.45) is 8.87. The molecule has 2 heterocycles. The van der Waals surface area contributed by atoms with Crippen LogP contribution in [-0.4, -0.2) is 34.9 Å². The van der Waals surface area contributed by atoms with Crippen LogP contribution in [0.5, 0.6) is 0 Å². The first kappa shape index (κ1) is 51.0. The molecule has 0 atom stereocenters. The zero-order valence-corrected chi connectivity index (χ0v) is 42.9. The van der Waals surface area contributed by atoms with Crippen LogP contribution in [0, 0.1) is 0 Å². The van der Waals surface area contributed by atoms with Crippen molar-refractivity contribution in [3.63, 3.8) is 0 Å². The standard InChI is InChI=1S/2C26H36BN2.ClH.Ga/c2*1-17(2)21-11-9-12-22(18(3)4)25(21)28-15-16-29(27-28)26-23(19(5)6)13-10-14-24(26)20(7)8;;/h2*9-20H,1-8H3;1H;/q2*-1;;+3/p-1. The summed E-state index contributed by atoms with van der Waals surface area (Å²) in [6, 6.07) is 27.0. The van der Waals surface area contributed by atoms with E-state index in [0.29, 0.717) is 47.3 Å². The maximum Gasteiger partial charge on any atom is 3.00 e. The molecule has 4 aromatic rings. The molecule has 8 heteroatoms. The van der Waals surface area contributed by atoms with Crippen LogP contribution in [0.3, 0.4) is 0 Å². The van der Waals surface area contributed by atoms with Gasteiger partial charge in [-0.05, 0) is 117 Å². The van der Waals surface area contributed by atoms with Gasteiger partial charge in [0.05, 0.1) is 0 Å². The van der Waals surface area contributed by atoms with Gasteiger partial charge < -0.3 is 31.7 Å². The van der Waals surface area contributed by atoms with E-state index < -0.39 is 0 Å². The number of benzene rings is 4. The SMILES string of the molecule is CC(C)c1cccc(C(C)C)c1N1[B-]N(c2c(C(C)C)cccc2C(C)C)C=C1.CC(C)c1cccc(C(C)C)c1N1[B-]N(c2c(C(C)C)cccc2C(C)C)C=C1.[Cl-].[Ga+3]. The van der Waals surface area contributed by atoms with Gasteiger partial charge in [-0.3, -0.25) is 0 Å². The summed E-state index contributed by atoms with van der Waals surface area (Å²) in [4.78, 5) is 9.30. The van der Waals surface area contributed by atoms with Crippen molar-refractivity contribution in [2.24, 2.45) is 0 Å². The number of hydrogen-bond acceptors (Lipinski definition) is 4. The number of rotatable bonds is 12. The van der Waals surface area contributed by atoms with E-state index in [9.17, 15) is 0 Å². The van der Waals surface area contributed by atoms with Crippen LogP contribution in [0.4, 0.5) is 22.7 Å². The molecule has 0 spiro atoms. The first-order valence-electron chi connectivity index (χ1n) is 22.1. The van der Waals surface area contributed by atoms with Crippen LogP contribution in [0.25, 0.3) is 0 Å². The molecule has 0 unspecified atom stereocenters. The number of nitrogens with zero attached hydrogens (tertiary/aromatic N) is 4. The quantitative estimate of drug-likeness (QED) is 0.131. The molecule has 0 N–H and O–H groups in total. The minimum atomic E-state index is 0. The molecule has 0 saturated carbocycles. The third-order valence-corrected chi connectivity index (χ3v) is 11.7. The maximum absolute atomic E-state index is 2.33. The Balaban J connectivity index is 0.000000310. The fourth-order valence-corrected chi connectivity index (χ4v) is 8.48. The monoisotopic (exact) mass is 878 g/mol. The molecule has 2 aliphatic heterocycles. The summed E-state index contributed by atoms with van der Waals surface area (Å²) < 4.78 is 0. The fraction of sp³-hybridized carbons (Fsp3) is 0.462. The van der Waals surface area contributed by atoms with Gasteiger partial charge in [0.2, 0.25) is 0 Å². The predicted molar refractivity (Wildman–Crippen MR) is 264 cm³/mol. The maximum atomic E-state index is 2.33. The second-order valence-corrected chi connectivity index (χ2v) is 18.8. The summed E-state index contributed by atoms with van der Waals surface area (Å²) in [5.74, 6) is 3.84. The van der Waals surface area contributed by atoms with Crippen LogP contribution >= 0.6 is 0 Å². The van der Waals surface area contributed by atoms with Gasteiger partial charge in [0.25, 0.3) is 0 Å². The van der Waals surface area contributed by atoms with Crippen LogP contribution in [-0.2, 0) is 0 Å². The predicted octanol–water partition coefficient (Wildman–Crippen LogP) is 11.6. The fourth-order valence-electron chi connectivity index (χ4n) is 8.48. The van der Waals surface area contributed by atoms with Crippen LogP contribution in [0.15, 0.2) is 97.6 Å². The molecule has 6 rings (SSSR count). The van der Waals surface area contributed by atoms with E-state index in [1.807, 2.05) is 0 Å². The van der Waals surface area contributed by atoms with Gasteiger partial charge in [0.15, 0.2) is 0 Å². The van der Waals surface area contributed by atoms with Crippen molar-refractivity contribution in [1.82, 2.24) is 0 Å². The Labute approximate surface area is 387 Å². The van der Waals surface area contributed by atoms with Gasteiger partial charge in [-0.25, -0.2) is 0 Å². The van der Waals surface area contributed by atoms with Crippen molar-refractivity contribution in [2.45, 2.75) is 158 Å². The average molecular weight is 880 g/mol. The van der Waals surface area contributed by atoms with E-state index >= 15 is 0 Å². The van der Waals surface area contributed by atoms with Crippen molar-refractivity contribution >= 4 is 57.6 Å². The van der Waals surface area contributed by atoms with Crippen LogP contribution in [0.1, 0.15) is 203 Å². The minimum Gasteiger partial charge on any atom is -1.00 e. The molecular weight excluding hydrogens is 807 g/mol. The molecule has 0 aliphatic carbocycles. The molecular formula is C52H72B2ClGaN4. The third kappa shape index (κ3) is 11.2. The summed E-state index contributed by atoms with van der Waals surface area (Å²) in [7, 11) is 4.53. The Morgan fingerprint density at radius 3 is 0.533 bits per heavy atom. The molecule has 4 radical (unpaired) electrons. The van der Waals surface area contributed by atoms with Crippen molar-refractivity contribution in [3.8, 4) is 0 Å². The minimum absolute atomic E-state index is 0. The van der Waals surface area contributed by atoms with Crippen molar-refractivity contribution < 1.29 is 12.4 Å². The number of para-hydroxylation sites is 4. The van der Waals surface area contributed by atoms with Gasteiger partial charge in [-0.2, -0.15) is 0 Å². The normalized spacial score (nSPS) is 13.9. The van der Waals surface area contributed by atoms with Gasteiger partial charge >= 0.3 is 19.8 Å². The van der Waals surface area contributed by atoms with Crippen molar-refractivity contribution in [2.75, 3.05) is 19.2 Å². The molecule has 4 nitrogen and oxygen atoms in total. The molecule has 0 bridgehead atoms. The van der Waals surface area contributed by atoms with Gasteiger partial charge in [-0.1, -0.05) is 199 Å². The van der Waals surface area contributed by atoms with Gasteiger partial charge in [-0.15, -0.1) is 0 Å². The second kappa shape index (κ2) is 22.1. The summed E-state index contributed by atoms with van der Waals surface area (Å²) in [5, 5.41) is 0. The smallest absolute Gasteiger partial charge is 1.00 e. The van der Waals surface area contributed by atoms with Crippen LogP contribution in [0.2, 0.25) is 0 Å². The number of anilines is 4. The zero-order valence-electron chi connectivity index (χ0n) is 39.8. The van der Waals surface area contributed by atoms with Crippen molar-refractivity contribution in [3.05, 3.63) is 142 Å². The molecule has 0 aromatic heterocycles. The molecule has 2 aliphatic rings. The van der Waals surface area contributed by atoms with E-state index in [0.717, 1.165) is 0 Å². The van der Waals surface area contributed by atoms with E-state index in [1.165, 1.54) is 67.3 Å². The first-order chi connectivity index (χ1) is 27.4. The molecule has 316 valence electrons. The Hall–Kier alpha value is -3.38. The van der Waals surface area contributed by atoms with Crippen molar-refractivity contribution in [1.29, 1.82) is 0 Å². The number of hydrogen-bond donors (Lipinski definition) is 0. The Morgan fingerprint density at radius 2 is 0.417 bits per heavy atom. The van der Waals surface area contributed by atoms with E-state index in [1.54, 1.807) is 0 Å². The molecule has 0 fully saturated rings. The van der Waals surface area contributed by atoms with E-state index in [4.69, 9.17) is 0 Å². The summed E-state index contributed by atoms with van der Waals surface area (Å²) >= 11 is 0. The zero-order chi connectivity index (χ0) is 42.6. The molecule has 4 aromatic carbocycles. The van der Waals surface area contributed by atoms with Crippen LogP contribution < -0.4 is 31.7 Å². The molecule has 0 saturated heterocycles. The third-order valence-electron chi connectivity index (χ3n) is 11.7.